The van der Waals surface area contributed by atoms with E-state index in [4.69, 9.17) is 7.85 Å². The summed E-state index contributed by atoms with van der Waals surface area (Å²) in [6.45, 7) is 0. The molecular formula is C9H6BNO2. The topological polar surface area (TPSA) is 37.4 Å². The maximum absolute atomic E-state index is 11.3. The highest BCUT2D eigenvalue weighted by Gasteiger charge is 2.32. The number of nitrogens with zero attached hydrogens (tertiary/aromatic N) is 1. The lowest BCUT2D eigenvalue weighted by molar-refractivity contribution is -0.114. The van der Waals surface area contributed by atoms with E-state index < -0.39 is 11.7 Å². The Labute approximate surface area is 76.8 Å². The molecule has 4 heteroatoms. The van der Waals surface area contributed by atoms with Gasteiger partial charge in [-0.25, -0.2) is 0 Å². The molecule has 2 radical (unpaired) electrons. The summed E-state index contributed by atoms with van der Waals surface area (Å²) < 4.78 is 0. The highest BCUT2D eigenvalue weighted by atomic mass is 16.2. The molecule has 0 atom stereocenters. The van der Waals surface area contributed by atoms with Crippen molar-refractivity contribution in [2.24, 2.45) is 0 Å². The number of fused-ring (bicyclic) bond motifs is 1. The first-order valence-electron chi connectivity index (χ1n) is 3.83. The van der Waals surface area contributed by atoms with Gasteiger partial charge >= 0.3 is 0 Å². The van der Waals surface area contributed by atoms with Crippen LogP contribution in [-0.4, -0.2) is 26.6 Å². The van der Waals surface area contributed by atoms with Gasteiger partial charge in [0.05, 0.1) is 11.3 Å². The van der Waals surface area contributed by atoms with Crippen molar-refractivity contribution in [1.29, 1.82) is 0 Å². The first kappa shape index (κ1) is 8.04. The predicted molar refractivity (Wildman–Crippen MR) is 49.6 cm³/mol. The smallest absolute Gasteiger partial charge is 0.299 e. The van der Waals surface area contributed by atoms with Gasteiger partial charge in [0.2, 0.25) is 0 Å². The molecule has 0 aromatic heterocycles. The van der Waals surface area contributed by atoms with Gasteiger partial charge in [-0.05, 0) is 12.1 Å². The van der Waals surface area contributed by atoms with Gasteiger partial charge in [-0.1, -0.05) is 11.5 Å². The Hall–Kier alpha value is -1.58. The summed E-state index contributed by atoms with van der Waals surface area (Å²) in [5.74, 6) is -0.960. The van der Waals surface area contributed by atoms with E-state index in [1.807, 2.05) is 0 Å². The molecule has 0 N–H and O–H groups in total. The van der Waals surface area contributed by atoms with Crippen LogP contribution in [0.3, 0.4) is 0 Å². The number of benzene rings is 1. The minimum Gasteiger partial charge on any atom is -0.308 e. The van der Waals surface area contributed by atoms with Crippen LogP contribution in [0.25, 0.3) is 0 Å². The third kappa shape index (κ3) is 0.984. The Bertz CT molecular complexity index is 414. The van der Waals surface area contributed by atoms with Crippen LogP contribution >= 0.6 is 0 Å². The van der Waals surface area contributed by atoms with Crippen molar-refractivity contribution in [2.75, 3.05) is 11.9 Å². The number of amides is 1. The molecule has 13 heavy (non-hydrogen) atoms. The van der Waals surface area contributed by atoms with Crippen LogP contribution in [0.2, 0.25) is 0 Å². The van der Waals surface area contributed by atoms with Crippen molar-refractivity contribution >= 4 is 30.7 Å². The van der Waals surface area contributed by atoms with Crippen LogP contribution in [0.15, 0.2) is 18.2 Å². The number of likely N-dealkylation sites (N-methyl/N-ethyl adjacent to an activating group) is 1. The van der Waals surface area contributed by atoms with Gasteiger partial charge in [0.25, 0.3) is 11.7 Å². The van der Waals surface area contributed by atoms with Gasteiger partial charge in [-0.15, -0.1) is 0 Å². The summed E-state index contributed by atoms with van der Waals surface area (Å²) >= 11 is 0. The summed E-state index contributed by atoms with van der Waals surface area (Å²) in [6, 6.07) is 4.82. The van der Waals surface area contributed by atoms with Gasteiger partial charge < -0.3 is 4.90 Å². The van der Waals surface area contributed by atoms with E-state index in [1.165, 1.54) is 4.90 Å². The molecule has 3 nitrogen and oxygen atoms in total. The molecule has 2 rings (SSSR count). The second-order valence-corrected chi connectivity index (χ2v) is 2.97. The van der Waals surface area contributed by atoms with Crippen molar-refractivity contribution < 1.29 is 9.59 Å². The summed E-state index contributed by atoms with van der Waals surface area (Å²) in [6.07, 6.45) is 0. The number of carbonyl (C=O) groups excluding carboxylic acids is 2. The molecule has 1 amide bonds. The molecule has 0 fully saturated rings. The second kappa shape index (κ2) is 2.45. The molecule has 1 heterocycles. The van der Waals surface area contributed by atoms with E-state index in [0.717, 1.165) is 0 Å². The number of hydrogen-bond acceptors (Lipinski definition) is 2. The summed E-state index contributed by atoms with van der Waals surface area (Å²) in [4.78, 5) is 23.8. The third-order valence-corrected chi connectivity index (χ3v) is 2.13. The van der Waals surface area contributed by atoms with E-state index in [1.54, 1.807) is 25.2 Å². The Balaban J connectivity index is 2.67. The Morgan fingerprint density at radius 2 is 2.00 bits per heavy atom. The summed E-state index contributed by atoms with van der Waals surface area (Å²) in [5.41, 5.74) is 1.57. The number of hydrogen-bond donors (Lipinski definition) is 0. The fourth-order valence-corrected chi connectivity index (χ4v) is 1.40. The zero-order valence-electron chi connectivity index (χ0n) is 7.07. The first-order valence-corrected chi connectivity index (χ1v) is 3.83. The zero-order valence-corrected chi connectivity index (χ0v) is 7.07. The third-order valence-electron chi connectivity index (χ3n) is 2.13. The largest absolute Gasteiger partial charge is 0.308 e. The van der Waals surface area contributed by atoms with Gasteiger partial charge in [0.1, 0.15) is 7.85 Å². The van der Waals surface area contributed by atoms with E-state index in [-0.39, 0.29) is 0 Å². The van der Waals surface area contributed by atoms with Crippen molar-refractivity contribution in [3.63, 3.8) is 0 Å². The van der Waals surface area contributed by atoms with Crippen LogP contribution in [0, 0.1) is 0 Å². The van der Waals surface area contributed by atoms with Gasteiger partial charge in [0, 0.05) is 7.05 Å². The number of Topliss-reactive ketones (excluding diaryl/α,β-unsaturated/α-hetero) is 1. The fourth-order valence-electron chi connectivity index (χ4n) is 1.40. The van der Waals surface area contributed by atoms with E-state index >= 15 is 0 Å². The maximum atomic E-state index is 11.3. The maximum Gasteiger partial charge on any atom is 0.299 e. The highest BCUT2D eigenvalue weighted by molar-refractivity contribution is 6.52. The van der Waals surface area contributed by atoms with E-state index in [2.05, 4.69) is 0 Å². The lowest BCUT2D eigenvalue weighted by atomic mass is 9.94. The molecule has 0 saturated carbocycles. The minimum atomic E-state index is -0.499. The average Bonchev–Trinajstić information content (AvgIpc) is 2.32. The average molecular weight is 171 g/mol. The van der Waals surface area contributed by atoms with Crippen molar-refractivity contribution in [3.05, 3.63) is 23.8 Å². The molecule has 1 aromatic rings. The molecule has 62 valence electrons. The number of carbonyl (C=O) groups is 2. The van der Waals surface area contributed by atoms with Crippen LogP contribution in [0.5, 0.6) is 0 Å². The Morgan fingerprint density at radius 1 is 1.31 bits per heavy atom. The summed E-state index contributed by atoms with van der Waals surface area (Å²) in [7, 11) is 7.10. The number of anilines is 1. The summed E-state index contributed by atoms with van der Waals surface area (Å²) in [5, 5.41) is 0. The molecule has 0 saturated heterocycles. The van der Waals surface area contributed by atoms with Crippen LogP contribution in [0.1, 0.15) is 10.4 Å². The monoisotopic (exact) mass is 171 g/mol. The molecular weight excluding hydrogens is 165 g/mol. The lowest BCUT2D eigenvalue weighted by Crippen LogP contribution is -2.25. The lowest BCUT2D eigenvalue weighted by Gasteiger charge is -2.08. The van der Waals surface area contributed by atoms with Crippen LogP contribution in [0.4, 0.5) is 5.69 Å². The van der Waals surface area contributed by atoms with Crippen LogP contribution in [-0.2, 0) is 4.79 Å². The SMILES string of the molecule is [B]c1ccc2c(c1)N(C)C(=O)C2=O. The number of rotatable bonds is 0. The zero-order chi connectivity index (χ0) is 9.59. The molecule has 1 aromatic carbocycles. The van der Waals surface area contributed by atoms with E-state index in [9.17, 15) is 9.59 Å². The van der Waals surface area contributed by atoms with Gasteiger partial charge in [-0.3, -0.25) is 9.59 Å². The molecule has 0 unspecified atom stereocenters. The van der Waals surface area contributed by atoms with Crippen molar-refractivity contribution in [1.82, 2.24) is 0 Å². The number of ketones is 1. The quantitative estimate of drug-likeness (QED) is 0.394. The standard InChI is InChI=1S/C9H6BNO2/c1-11-7-4-5(10)2-3-6(7)8(12)9(11)13/h2-4H,1H3. The van der Waals surface area contributed by atoms with Crippen molar-refractivity contribution in [3.8, 4) is 0 Å². The van der Waals surface area contributed by atoms with E-state index in [0.29, 0.717) is 16.7 Å². The minimum absolute atomic E-state index is 0.432. The normalized spacial score (nSPS) is 15.0. The molecule has 0 spiro atoms. The molecule has 1 aliphatic rings. The first-order chi connectivity index (χ1) is 6.11. The van der Waals surface area contributed by atoms with Gasteiger partial charge in [-0.2, -0.15) is 0 Å². The van der Waals surface area contributed by atoms with Crippen LogP contribution < -0.4 is 10.4 Å². The molecule has 1 aliphatic heterocycles. The highest BCUT2D eigenvalue weighted by Crippen LogP contribution is 2.25. The molecule has 0 aliphatic carbocycles. The Kier molecular flexibility index (Phi) is 1.52. The predicted octanol–water partition coefficient (Wildman–Crippen LogP) is -0.361. The van der Waals surface area contributed by atoms with Crippen molar-refractivity contribution in [2.45, 2.75) is 0 Å². The van der Waals surface area contributed by atoms with Gasteiger partial charge in [0.15, 0.2) is 0 Å². The molecule has 0 bridgehead atoms. The Morgan fingerprint density at radius 3 is 2.69 bits per heavy atom. The second-order valence-electron chi connectivity index (χ2n) is 2.97. The fraction of sp³-hybridized carbons (Fsp3) is 0.111.